The Hall–Kier alpha value is -1.55. The molecule has 4 heteroatoms. The second kappa shape index (κ2) is 8.02. The molecule has 4 nitrogen and oxygen atoms in total. The smallest absolute Gasteiger partial charge is 0.227 e. The quantitative estimate of drug-likeness (QED) is 0.832. The number of carbonyl (C=O) groups is 1. The fraction of sp³-hybridized carbons (Fsp3) is 0.650. The van der Waals surface area contributed by atoms with E-state index in [1.165, 1.54) is 12.8 Å². The van der Waals surface area contributed by atoms with Crippen molar-refractivity contribution in [2.24, 2.45) is 5.92 Å². The standard InChI is InChI=1S/C20H32N2O2/c1-20(2,22(3)4)14-21-19(23)18(15-8-6-7-9-15)16-10-12-17(24-5)13-11-16/h10-13,15,18H,6-9,14H2,1-5H3,(H,21,23). The second-order valence-corrected chi connectivity index (χ2v) is 7.72. The van der Waals surface area contributed by atoms with Gasteiger partial charge in [0.2, 0.25) is 5.91 Å². The first-order valence-electron chi connectivity index (χ1n) is 8.94. The van der Waals surface area contributed by atoms with E-state index in [2.05, 4.69) is 24.1 Å². The lowest BCUT2D eigenvalue weighted by Crippen LogP contribution is -2.49. The molecule has 0 spiro atoms. The summed E-state index contributed by atoms with van der Waals surface area (Å²) in [4.78, 5) is 15.1. The van der Waals surface area contributed by atoms with E-state index in [0.717, 1.165) is 24.2 Å². The zero-order chi connectivity index (χ0) is 17.7. The van der Waals surface area contributed by atoms with Crippen LogP contribution in [0.3, 0.4) is 0 Å². The van der Waals surface area contributed by atoms with Crippen molar-refractivity contribution in [2.45, 2.75) is 51.0 Å². The van der Waals surface area contributed by atoms with E-state index >= 15 is 0 Å². The number of nitrogens with one attached hydrogen (secondary N) is 1. The van der Waals surface area contributed by atoms with E-state index < -0.39 is 0 Å². The van der Waals surface area contributed by atoms with Gasteiger partial charge in [-0.3, -0.25) is 4.79 Å². The highest BCUT2D eigenvalue weighted by atomic mass is 16.5. The predicted octanol–water partition coefficient (Wildman–Crippen LogP) is 3.43. The van der Waals surface area contributed by atoms with E-state index in [1.807, 2.05) is 38.4 Å². The molecule has 1 aliphatic carbocycles. The van der Waals surface area contributed by atoms with Crippen LogP contribution in [0.1, 0.15) is 51.0 Å². The Morgan fingerprint density at radius 2 is 1.83 bits per heavy atom. The van der Waals surface area contributed by atoms with Gasteiger partial charge in [0.05, 0.1) is 13.0 Å². The zero-order valence-electron chi connectivity index (χ0n) is 15.8. The van der Waals surface area contributed by atoms with Gasteiger partial charge in [-0.05, 0) is 64.4 Å². The Morgan fingerprint density at radius 1 is 1.25 bits per heavy atom. The molecule has 134 valence electrons. The first-order valence-corrected chi connectivity index (χ1v) is 8.94. The summed E-state index contributed by atoms with van der Waals surface area (Å²) in [6, 6.07) is 7.99. The number of benzene rings is 1. The van der Waals surface area contributed by atoms with Crippen LogP contribution >= 0.6 is 0 Å². The fourth-order valence-electron chi connectivity index (χ4n) is 3.31. The molecule has 1 fully saturated rings. The van der Waals surface area contributed by atoms with E-state index in [0.29, 0.717) is 12.5 Å². The van der Waals surface area contributed by atoms with E-state index in [4.69, 9.17) is 4.74 Å². The van der Waals surface area contributed by atoms with Crippen molar-refractivity contribution in [3.8, 4) is 5.75 Å². The summed E-state index contributed by atoms with van der Waals surface area (Å²) in [6.07, 6.45) is 4.74. The van der Waals surface area contributed by atoms with Crippen LogP contribution in [0, 0.1) is 5.92 Å². The minimum Gasteiger partial charge on any atom is -0.497 e. The van der Waals surface area contributed by atoms with Gasteiger partial charge in [0.25, 0.3) is 0 Å². The van der Waals surface area contributed by atoms with E-state index in [1.54, 1.807) is 7.11 Å². The number of amides is 1. The third-order valence-corrected chi connectivity index (χ3v) is 5.53. The largest absolute Gasteiger partial charge is 0.497 e. The van der Waals surface area contributed by atoms with Crippen LogP contribution in [0.15, 0.2) is 24.3 Å². The van der Waals surface area contributed by atoms with Gasteiger partial charge in [0.15, 0.2) is 0 Å². The summed E-state index contributed by atoms with van der Waals surface area (Å²) in [6.45, 7) is 4.94. The first-order chi connectivity index (χ1) is 11.3. The summed E-state index contributed by atoms with van der Waals surface area (Å²) in [5.74, 6) is 1.37. The summed E-state index contributed by atoms with van der Waals surface area (Å²) in [7, 11) is 5.76. The summed E-state index contributed by atoms with van der Waals surface area (Å²) in [5, 5.41) is 3.20. The molecule has 0 aliphatic heterocycles. The monoisotopic (exact) mass is 332 g/mol. The second-order valence-electron chi connectivity index (χ2n) is 7.72. The van der Waals surface area contributed by atoms with Gasteiger partial charge in [-0.1, -0.05) is 25.0 Å². The molecule has 1 aromatic rings. The Labute approximate surface area is 146 Å². The number of hydrogen-bond acceptors (Lipinski definition) is 3. The molecular weight excluding hydrogens is 300 g/mol. The zero-order valence-corrected chi connectivity index (χ0v) is 15.8. The molecule has 0 aromatic heterocycles. The number of carbonyl (C=O) groups excluding carboxylic acids is 1. The number of rotatable bonds is 7. The molecule has 0 saturated heterocycles. The summed E-state index contributed by atoms with van der Waals surface area (Å²) < 4.78 is 5.25. The highest BCUT2D eigenvalue weighted by Crippen LogP contribution is 2.38. The maximum Gasteiger partial charge on any atom is 0.227 e. The molecule has 0 radical (unpaired) electrons. The minimum absolute atomic E-state index is 0.0589. The van der Waals surface area contributed by atoms with Crippen molar-refractivity contribution in [1.82, 2.24) is 10.2 Å². The molecule has 0 heterocycles. The highest BCUT2D eigenvalue weighted by Gasteiger charge is 2.33. The van der Waals surface area contributed by atoms with E-state index in [9.17, 15) is 4.79 Å². The molecule has 1 amide bonds. The Bertz CT molecular complexity index is 531. The lowest BCUT2D eigenvalue weighted by Gasteiger charge is -2.33. The average Bonchev–Trinajstić information content (AvgIpc) is 3.08. The molecule has 1 N–H and O–H groups in total. The lowest BCUT2D eigenvalue weighted by atomic mass is 9.84. The fourth-order valence-corrected chi connectivity index (χ4v) is 3.31. The third-order valence-electron chi connectivity index (χ3n) is 5.53. The molecule has 1 aliphatic rings. The summed E-state index contributed by atoms with van der Waals surface area (Å²) in [5.41, 5.74) is 1.04. The van der Waals surface area contributed by atoms with Crippen molar-refractivity contribution in [2.75, 3.05) is 27.7 Å². The van der Waals surface area contributed by atoms with Gasteiger partial charge in [0, 0.05) is 12.1 Å². The molecule has 1 atom stereocenters. The number of ether oxygens (including phenoxy) is 1. The van der Waals surface area contributed by atoms with E-state index in [-0.39, 0.29) is 17.4 Å². The number of hydrogen-bond donors (Lipinski definition) is 1. The molecule has 1 saturated carbocycles. The highest BCUT2D eigenvalue weighted by molar-refractivity contribution is 5.84. The predicted molar refractivity (Wildman–Crippen MR) is 98.5 cm³/mol. The maximum absolute atomic E-state index is 13.0. The van der Waals surface area contributed by atoms with Gasteiger partial charge in [-0.2, -0.15) is 0 Å². The van der Waals surface area contributed by atoms with Crippen LogP contribution in [0.4, 0.5) is 0 Å². The number of likely N-dealkylation sites (N-methyl/N-ethyl adjacent to an activating group) is 1. The topological polar surface area (TPSA) is 41.6 Å². The van der Waals surface area contributed by atoms with Gasteiger partial charge < -0.3 is 15.0 Å². The van der Waals surface area contributed by atoms with Crippen molar-refractivity contribution in [1.29, 1.82) is 0 Å². The van der Waals surface area contributed by atoms with Crippen LogP contribution < -0.4 is 10.1 Å². The molecule has 24 heavy (non-hydrogen) atoms. The van der Waals surface area contributed by atoms with Gasteiger partial charge in [0.1, 0.15) is 5.75 Å². The van der Waals surface area contributed by atoms with Crippen molar-refractivity contribution >= 4 is 5.91 Å². The third kappa shape index (κ3) is 4.50. The van der Waals surface area contributed by atoms with Crippen LogP contribution in [-0.2, 0) is 4.79 Å². The first kappa shape index (κ1) is 18.8. The number of methoxy groups -OCH3 is 1. The maximum atomic E-state index is 13.0. The normalized spacial score (nSPS) is 17.1. The molecule has 0 bridgehead atoms. The van der Waals surface area contributed by atoms with Crippen LogP contribution in [0.25, 0.3) is 0 Å². The Kier molecular flexibility index (Phi) is 6.27. The van der Waals surface area contributed by atoms with Crippen molar-refractivity contribution in [3.63, 3.8) is 0 Å². The molecule has 2 rings (SSSR count). The Morgan fingerprint density at radius 3 is 2.33 bits per heavy atom. The molecule has 1 aromatic carbocycles. The SMILES string of the molecule is COc1ccc(C(C(=O)NCC(C)(C)N(C)C)C2CCCC2)cc1. The van der Waals surface area contributed by atoms with Crippen LogP contribution in [0.5, 0.6) is 5.75 Å². The molecular formula is C20H32N2O2. The van der Waals surface area contributed by atoms with Crippen molar-refractivity contribution < 1.29 is 9.53 Å². The Balaban J connectivity index is 2.14. The molecule has 1 unspecified atom stereocenters. The lowest BCUT2D eigenvalue weighted by molar-refractivity contribution is -0.124. The number of nitrogens with zero attached hydrogens (tertiary/aromatic N) is 1. The average molecular weight is 332 g/mol. The van der Waals surface area contributed by atoms with Crippen LogP contribution in [-0.4, -0.2) is 44.1 Å². The van der Waals surface area contributed by atoms with Crippen molar-refractivity contribution in [3.05, 3.63) is 29.8 Å². The van der Waals surface area contributed by atoms with Crippen LogP contribution in [0.2, 0.25) is 0 Å². The van der Waals surface area contributed by atoms with Gasteiger partial charge in [-0.15, -0.1) is 0 Å². The summed E-state index contributed by atoms with van der Waals surface area (Å²) >= 11 is 0. The minimum atomic E-state index is -0.0597. The van der Waals surface area contributed by atoms with Gasteiger partial charge >= 0.3 is 0 Å². The van der Waals surface area contributed by atoms with Gasteiger partial charge in [-0.25, -0.2) is 0 Å².